The Morgan fingerprint density at radius 3 is 2.94 bits per heavy atom. The highest BCUT2D eigenvalue weighted by Gasteiger charge is 2.25. The number of fused-ring (bicyclic) bond motifs is 1. The molecule has 2 N–H and O–H groups in total. The molecule has 1 aliphatic rings. The molecular weight excluding hydrogens is 250 g/mol. The van der Waals surface area contributed by atoms with Crippen LogP contribution in [0.15, 0.2) is 28.7 Å². The first-order valence-corrected chi connectivity index (χ1v) is 6.68. The van der Waals surface area contributed by atoms with Crippen molar-refractivity contribution >= 4 is 22.6 Å². The summed E-state index contributed by atoms with van der Waals surface area (Å²) < 4.78 is 11.5. The third-order valence-electron chi connectivity index (χ3n) is 3.46. The lowest BCUT2D eigenvalue weighted by molar-refractivity contribution is -0.00361. The topological polar surface area (TPSA) is 48.4 Å². The van der Waals surface area contributed by atoms with Crippen molar-refractivity contribution in [3.05, 3.63) is 35.0 Å². The van der Waals surface area contributed by atoms with Crippen molar-refractivity contribution in [2.24, 2.45) is 5.73 Å². The number of hydrogen-bond acceptors (Lipinski definition) is 3. The van der Waals surface area contributed by atoms with Crippen LogP contribution in [0.1, 0.15) is 31.1 Å². The molecule has 4 heteroatoms. The summed E-state index contributed by atoms with van der Waals surface area (Å²) >= 11 is 6.10. The maximum absolute atomic E-state index is 6.22. The summed E-state index contributed by atoms with van der Waals surface area (Å²) in [5, 5.41) is 1.61. The first-order chi connectivity index (χ1) is 8.75. The minimum absolute atomic E-state index is 0.0538. The van der Waals surface area contributed by atoms with Gasteiger partial charge in [0.1, 0.15) is 5.76 Å². The molecule has 2 unspecified atom stereocenters. The zero-order valence-corrected chi connectivity index (χ0v) is 10.8. The van der Waals surface area contributed by atoms with E-state index >= 15 is 0 Å². The molecule has 2 atom stereocenters. The van der Waals surface area contributed by atoms with E-state index < -0.39 is 0 Å². The number of furan rings is 1. The molecule has 1 aliphatic heterocycles. The van der Waals surface area contributed by atoms with E-state index in [9.17, 15) is 0 Å². The molecule has 0 radical (unpaired) electrons. The van der Waals surface area contributed by atoms with Crippen molar-refractivity contribution in [2.75, 3.05) is 6.61 Å². The maximum Gasteiger partial charge on any atom is 0.152 e. The minimum atomic E-state index is -0.214. The Morgan fingerprint density at radius 2 is 2.22 bits per heavy atom. The summed E-state index contributed by atoms with van der Waals surface area (Å²) in [4.78, 5) is 0. The second kappa shape index (κ2) is 4.92. The van der Waals surface area contributed by atoms with Crippen LogP contribution in [-0.2, 0) is 4.74 Å². The first-order valence-electron chi connectivity index (χ1n) is 6.31. The average molecular weight is 266 g/mol. The predicted molar refractivity (Wildman–Crippen MR) is 71.7 cm³/mol. The highest BCUT2D eigenvalue weighted by atomic mass is 35.5. The molecule has 1 saturated heterocycles. The van der Waals surface area contributed by atoms with Crippen LogP contribution in [0.3, 0.4) is 0 Å². The number of benzene rings is 1. The predicted octanol–water partition coefficient (Wildman–Crippen LogP) is 3.66. The molecule has 0 spiro atoms. The molecule has 0 bridgehead atoms. The number of nitrogens with two attached hydrogens (primary N) is 1. The van der Waals surface area contributed by atoms with Gasteiger partial charge in [-0.05, 0) is 31.4 Å². The Balaban J connectivity index is 1.91. The lowest BCUT2D eigenvalue weighted by atomic mass is 10.0. The summed E-state index contributed by atoms with van der Waals surface area (Å²) in [7, 11) is 0. The molecule has 1 aromatic carbocycles. The van der Waals surface area contributed by atoms with Gasteiger partial charge >= 0.3 is 0 Å². The lowest BCUT2D eigenvalue weighted by Gasteiger charge is -2.26. The zero-order valence-electron chi connectivity index (χ0n) is 10.1. The van der Waals surface area contributed by atoms with Crippen molar-refractivity contribution in [1.82, 2.24) is 0 Å². The van der Waals surface area contributed by atoms with Crippen LogP contribution in [-0.4, -0.2) is 12.7 Å². The summed E-state index contributed by atoms with van der Waals surface area (Å²) in [6, 6.07) is 7.45. The monoisotopic (exact) mass is 265 g/mol. The second-order valence-corrected chi connectivity index (χ2v) is 5.14. The molecule has 0 amide bonds. The van der Waals surface area contributed by atoms with Gasteiger partial charge in [-0.3, -0.25) is 0 Å². The molecule has 3 rings (SSSR count). The molecule has 1 aromatic heterocycles. The van der Waals surface area contributed by atoms with Crippen LogP contribution in [0.5, 0.6) is 0 Å². The zero-order chi connectivity index (χ0) is 12.5. The molecule has 0 saturated carbocycles. The Hall–Kier alpha value is -1.03. The Bertz CT molecular complexity index is 546. The van der Waals surface area contributed by atoms with E-state index in [0.29, 0.717) is 10.6 Å². The van der Waals surface area contributed by atoms with Crippen molar-refractivity contribution < 1.29 is 9.15 Å². The summed E-state index contributed by atoms with van der Waals surface area (Å²) in [5.41, 5.74) is 6.93. The molecule has 2 heterocycles. The normalized spacial score (nSPS) is 22.2. The number of hydrogen-bond donors (Lipinski definition) is 1. The standard InChI is InChI=1S/C14H16ClNO2/c15-10-5-3-4-9-8-12(18-14(9)10)13(16)11-6-1-2-7-17-11/h3-5,8,11,13H,1-2,6-7,16H2. The second-order valence-electron chi connectivity index (χ2n) is 4.74. The van der Waals surface area contributed by atoms with E-state index in [1.807, 2.05) is 24.3 Å². The van der Waals surface area contributed by atoms with Crippen molar-refractivity contribution in [1.29, 1.82) is 0 Å². The van der Waals surface area contributed by atoms with E-state index in [4.69, 9.17) is 26.5 Å². The van der Waals surface area contributed by atoms with E-state index in [1.165, 1.54) is 6.42 Å². The van der Waals surface area contributed by atoms with Gasteiger partial charge in [0.05, 0.1) is 17.2 Å². The highest BCUT2D eigenvalue weighted by molar-refractivity contribution is 6.34. The van der Waals surface area contributed by atoms with E-state index in [1.54, 1.807) is 0 Å². The lowest BCUT2D eigenvalue weighted by Crippen LogP contribution is -2.31. The van der Waals surface area contributed by atoms with Gasteiger partial charge < -0.3 is 14.9 Å². The number of halogens is 1. The van der Waals surface area contributed by atoms with Crippen LogP contribution >= 0.6 is 11.6 Å². The smallest absolute Gasteiger partial charge is 0.152 e. The van der Waals surface area contributed by atoms with Gasteiger partial charge in [0.15, 0.2) is 5.58 Å². The molecule has 0 aliphatic carbocycles. The Morgan fingerprint density at radius 1 is 1.33 bits per heavy atom. The third kappa shape index (κ3) is 2.14. The van der Waals surface area contributed by atoms with Crippen LogP contribution in [0.2, 0.25) is 5.02 Å². The fourth-order valence-corrected chi connectivity index (χ4v) is 2.66. The fraction of sp³-hybridized carbons (Fsp3) is 0.429. The number of ether oxygens (including phenoxy) is 1. The minimum Gasteiger partial charge on any atom is -0.458 e. The van der Waals surface area contributed by atoms with Crippen LogP contribution < -0.4 is 5.73 Å². The van der Waals surface area contributed by atoms with Gasteiger partial charge in [0.2, 0.25) is 0 Å². The molecule has 3 nitrogen and oxygen atoms in total. The van der Waals surface area contributed by atoms with E-state index in [-0.39, 0.29) is 12.1 Å². The van der Waals surface area contributed by atoms with Crippen LogP contribution in [0.25, 0.3) is 11.0 Å². The summed E-state index contributed by atoms with van der Waals surface area (Å²) in [6.45, 7) is 0.791. The number of para-hydroxylation sites is 1. The molecule has 96 valence electrons. The molecule has 2 aromatic rings. The third-order valence-corrected chi connectivity index (χ3v) is 3.76. The summed E-state index contributed by atoms with van der Waals surface area (Å²) in [5.74, 6) is 0.755. The maximum atomic E-state index is 6.22. The Kier molecular flexibility index (Phi) is 3.29. The van der Waals surface area contributed by atoms with E-state index in [0.717, 1.165) is 30.6 Å². The molecule has 1 fully saturated rings. The van der Waals surface area contributed by atoms with Gasteiger partial charge in [-0.2, -0.15) is 0 Å². The van der Waals surface area contributed by atoms with Crippen molar-refractivity contribution in [3.8, 4) is 0 Å². The highest BCUT2D eigenvalue weighted by Crippen LogP contribution is 2.32. The van der Waals surface area contributed by atoms with Gasteiger partial charge in [-0.1, -0.05) is 23.7 Å². The van der Waals surface area contributed by atoms with Crippen LogP contribution in [0.4, 0.5) is 0 Å². The van der Waals surface area contributed by atoms with Crippen molar-refractivity contribution in [2.45, 2.75) is 31.4 Å². The quantitative estimate of drug-likeness (QED) is 0.902. The average Bonchev–Trinajstić information content (AvgIpc) is 2.84. The van der Waals surface area contributed by atoms with Gasteiger partial charge in [-0.15, -0.1) is 0 Å². The number of rotatable bonds is 2. The SMILES string of the molecule is NC(c1cc2cccc(Cl)c2o1)C1CCCCO1. The largest absolute Gasteiger partial charge is 0.458 e. The molecule has 18 heavy (non-hydrogen) atoms. The van der Waals surface area contributed by atoms with Crippen LogP contribution in [0, 0.1) is 0 Å². The molecular formula is C14H16ClNO2. The summed E-state index contributed by atoms with van der Waals surface area (Å²) in [6.07, 6.45) is 3.33. The first kappa shape index (κ1) is 12.0. The van der Waals surface area contributed by atoms with Crippen molar-refractivity contribution in [3.63, 3.8) is 0 Å². The Labute approximate surface area is 111 Å². The fourth-order valence-electron chi connectivity index (χ4n) is 2.44. The van der Waals surface area contributed by atoms with E-state index in [2.05, 4.69) is 0 Å². The van der Waals surface area contributed by atoms with Gasteiger partial charge in [-0.25, -0.2) is 0 Å². The van der Waals surface area contributed by atoms with Gasteiger partial charge in [0, 0.05) is 12.0 Å². The van der Waals surface area contributed by atoms with Gasteiger partial charge in [0.25, 0.3) is 0 Å².